The lowest BCUT2D eigenvalue weighted by molar-refractivity contribution is -0.385. The molecule has 0 unspecified atom stereocenters. The first-order valence-corrected chi connectivity index (χ1v) is 3.30. The zero-order valence-corrected chi connectivity index (χ0v) is 6.52. The number of hydrogen-bond acceptors (Lipinski definition) is 3. The van der Waals surface area contributed by atoms with Crippen molar-refractivity contribution in [2.75, 3.05) is 0 Å². The van der Waals surface area contributed by atoms with Gasteiger partial charge in [-0.25, -0.2) is 0 Å². The second kappa shape index (κ2) is 3.53. The van der Waals surface area contributed by atoms with E-state index in [9.17, 15) is 10.1 Å². The van der Waals surface area contributed by atoms with Gasteiger partial charge in [0.25, 0.3) is 0 Å². The quantitative estimate of drug-likeness (QED) is 0.370. The van der Waals surface area contributed by atoms with Gasteiger partial charge in [-0.05, 0) is 6.92 Å². The largest absolute Gasteiger partial charge is 0.307 e. The molecule has 0 bridgehead atoms. The summed E-state index contributed by atoms with van der Waals surface area (Å²) in [5.74, 6) is 5.42. The van der Waals surface area contributed by atoms with Crippen molar-refractivity contribution in [2.24, 2.45) is 0 Å². The van der Waals surface area contributed by atoms with E-state index in [0.29, 0.717) is 6.54 Å². The highest BCUT2D eigenvalue weighted by Gasteiger charge is 2.06. The molecular weight excluding hydrogens is 158 g/mol. The number of nitro groups is 1. The van der Waals surface area contributed by atoms with Crippen molar-refractivity contribution in [1.29, 1.82) is 0 Å². The first-order valence-electron chi connectivity index (χ1n) is 3.30. The van der Waals surface area contributed by atoms with Gasteiger partial charge in [-0.15, -0.1) is 5.92 Å². The number of nitrogens with zero attached hydrogens (tertiary/aromatic N) is 3. The summed E-state index contributed by atoms with van der Waals surface area (Å²) < 4.78 is 1.43. The molecule has 0 N–H and O–H groups in total. The van der Waals surface area contributed by atoms with E-state index in [1.807, 2.05) is 0 Å². The van der Waals surface area contributed by atoms with Crippen molar-refractivity contribution in [1.82, 2.24) is 9.78 Å². The first-order chi connectivity index (χ1) is 5.74. The lowest BCUT2D eigenvalue weighted by Gasteiger charge is -1.87. The van der Waals surface area contributed by atoms with Gasteiger partial charge in [0, 0.05) is 0 Å². The van der Waals surface area contributed by atoms with Crippen LogP contribution in [0.5, 0.6) is 0 Å². The smallest absolute Gasteiger partial charge is 0.258 e. The van der Waals surface area contributed by atoms with Crippen molar-refractivity contribution in [3.8, 4) is 11.8 Å². The Hall–Kier alpha value is -1.83. The molecule has 0 amide bonds. The molecule has 5 nitrogen and oxygen atoms in total. The minimum Gasteiger partial charge on any atom is -0.258 e. The van der Waals surface area contributed by atoms with Gasteiger partial charge < -0.3 is 0 Å². The van der Waals surface area contributed by atoms with Crippen LogP contribution in [0.3, 0.4) is 0 Å². The molecule has 0 fully saturated rings. The molecular formula is C7H7N3O2. The third kappa shape index (κ3) is 1.83. The Morgan fingerprint density at radius 2 is 2.58 bits per heavy atom. The topological polar surface area (TPSA) is 61.0 Å². The van der Waals surface area contributed by atoms with Gasteiger partial charge in [0.2, 0.25) is 0 Å². The van der Waals surface area contributed by atoms with Crippen LogP contribution in [0.2, 0.25) is 0 Å². The summed E-state index contributed by atoms with van der Waals surface area (Å²) in [6.07, 6.45) is 2.56. The zero-order valence-electron chi connectivity index (χ0n) is 6.52. The molecule has 12 heavy (non-hydrogen) atoms. The van der Waals surface area contributed by atoms with E-state index in [0.717, 1.165) is 0 Å². The predicted molar refractivity (Wildman–Crippen MR) is 42.3 cm³/mol. The molecule has 5 heteroatoms. The van der Waals surface area contributed by atoms with Crippen molar-refractivity contribution in [3.63, 3.8) is 0 Å². The highest BCUT2D eigenvalue weighted by atomic mass is 16.6. The van der Waals surface area contributed by atoms with Crippen LogP contribution in [-0.2, 0) is 6.54 Å². The van der Waals surface area contributed by atoms with Gasteiger partial charge in [-0.3, -0.25) is 14.8 Å². The Kier molecular flexibility index (Phi) is 2.43. The second-order valence-corrected chi connectivity index (χ2v) is 2.08. The lowest BCUT2D eigenvalue weighted by atomic mass is 10.6. The molecule has 0 saturated carbocycles. The summed E-state index contributed by atoms with van der Waals surface area (Å²) in [6.45, 7) is 2.10. The van der Waals surface area contributed by atoms with Crippen molar-refractivity contribution < 1.29 is 4.92 Å². The van der Waals surface area contributed by atoms with Gasteiger partial charge in [0.05, 0.1) is 4.92 Å². The van der Waals surface area contributed by atoms with E-state index in [4.69, 9.17) is 0 Å². The second-order valence-electron chi connectivity index (χ2n) is 2.08. The monoisotopic (exact) mass is 165 g/mol. The highest BCUT2D eigenvalue weighted by Crippen LogP contribution is 2.06. The van der Waals surface area contributed by atoms with Crippen molar-refractivity contribution >= 4 is 5.69 Å². The molecule has 0 radical (unpaired) electrons. The van der Waals surface area contributed by atoms with Crippen LogP contribution in [-0.4, -0.2) is 14.7 Å². The van der Waals surface area contributed by atoms with E-state index in [1.165, 1.54) is 17.1 Å². The van der Waals surface area contributed by atoms with Crippen LogP contribution in [0.25, 0.3) is 0 Å². The maximum atomic E-state index is 10.2. The average molecular weight is 165 g/mol. The molecule has 0 aromatic carbocycles. The van der Waals surface area contributed by atoms with Crippen LogP contribution < -0.4 is 0 Å². The van der Waals surface area contributed by atoms with E-state index in [2.05, 4.69) is 16.9 Å². The third-order valence-electron chi connectivity index (χ3n) is 1.25. The summed E-state index contributed by atoms with van der Waals surface area (Å²) in [6, 6.07) is 0. The molecule has 1 rings (SSSR count). The van der Waals surface area contributed by atoms with Crippen molar-refractivity contribution in [2.45, 2.75) is 13.5 Å². The zero-order chi connectivity index (χ0) is 8.97. The highest BCUT2D eigenvalue weighted by molar-refractivity contribution is 5.21. The maximum absolute atomic E-state index is 10.2. The minimum absolute atomic E-state index is 0.00657. The molecule has 62 valence electrons. The van der Waals surface area contributed by atoms with Gasteiger partial charge in [0.15, 0.2) is 0 Å². The van der Waals surface area contributed by atoms with Crippen LogP contribution >= 0.6 is 0 Å². The first kappa shape index (κ1) is 8.27. The SMILES string of the molecule is CC#CCn1cc([N+](=O)[O-])cn1. The standard InChI is InChI=1S/C7H7N3O2/c1-2-3-4-9-6-7(5-8-9)10(11)12/h5-6H,4H2,1H3. The van der Waals surface area contributed by atoms with Crippen LogP contribution in [0, 0.1) is 22.0 Å². The fourth-order valence-corrected chi connectivity index (χ4v) is 0.693. The van der Waals surface area contributed by atoms with Crippen LogP contribution in [0.1, 0.15) is 6.92 Å². The van der Waals surface area contributed by atoms with E-state index >= 15 is 0 Å². The molecule has 1 aromatic rings. The van der Waals surface area contributed by atoms with Gasteiger partial charge in [0.1, 0.15) is 18.9 Å². The molecule has 1 heterocycles. The summed E-state index contributed by atoms with van der Waals surface area (Å²) >= 11 is 0. The number of hydrogen-bond donors (Lipinski definition) is 0. The third-order valence-corrected chi connectivity index (χ3v) is 1.25. The predicted octanol–water partition coefficient (Wildman–Crippen LogP) is 0.815. The van der Waals surface area contributed by atoms with Crippen LogP contribution in [0.15, 0.2) is 12.4 Å². The summed E-state index contributed by atoms with van der Waals surface area (Å²) in [4.78, 5) is 9.72. The average Bonchev–Trinajstić information content (AvgIpc) is 2.48. The fourth-order valence-electron chi connectivity index (χ4n) is 0.693. The van der Waals surface area contributed by atoms with E-state index < -0.39 is 4.92 Å². The minimum atomic E-state index is -0.483. The summed E-state index contributed by atoms with van der Waals surface area (Å²) in [5.41, 5.74) is -0.00657. The fraction of sp³-hybridized carbons (Fsp3) is 0.286. The number of rotatable bonds is 2. The van der Waals surface area contributed by atoms with Crippen molar-refractivity contribution in [3.05, 3.63) is 22.5 Å². The van der Waals surface area contributed by atoms with Gasteiger partial charge in [-0.1, -0.05) is 5.92 Å². The molecule has 0 aliphatic rings. The molecule has 0 aliphatic carbocycles. The molecule has 0 saturated heterocycles. The Morgan fingerprint density at radius 1 is 1.83 bits per heavy atom. The molecule has 0 aliphatic heterocycles. The lowest BCUT2D eigenvalue weighted by Crippen LogP contribution is -1.94. The Bertz CT molecular complexity index is 345. The molecule has 0 atom stereocenters. The maximum Gasteiger partial charge on any atom is 0.307 e. The Labute approximate surface area is 69.2 Å². The summed E-state index contributed by atoms with van der Waals surface area (Å²) in [5, 5.41) is 14.0. The van der Waals surface area contributed by atoms with Gasteiger partial charge in [-0.2, -0.15) is 5.10 Å². The molecule has 0 spiro atoms. The van der Waals surface area contributed by atoms with E-state index in [-0.39, 0.29) is 5.69 Å². The summed E-state index contributed by atoms with van der Waals surface area (Å²) in [7, 11) is 0. The molecule has 1 aromatic heterocycles. The normalized spacial score (nSPS) is 8.75. The Balaban J connectivity index is 2.75. The van der Waals surface area contributed by atoms with E-state index in [1.54, 1.807) is 6.92 Å². The Morgan fingerprint density at radius 3 is 3.08 bits per heavy atom. The van der Waals surface area contributed by atoms with Gasteiger partial charge >= 0.3 is 5.69 Å². The number of aromatic nitrogens is 2. The van der Waals surface area contributed by atoms with Crippen LogP contribution in [0.4, 0.5) is 5.69 Å².